The minimum absolute atomic E-state index is 0.304. The fourth-order valence-electron chi connectivity index (χ4n) is 4.18. The molecule has 0 bridgehead atoms. The van der Waals surface area contributed by atoms with Crippen molar-refractivity contribution in [3.05, 3.63) is 75.1 Å². The molecule has 1 saturated heterocycles. The van der Waals surface area contributed by atoms with Gasteiger partial charge in [0.25, 0.3) is 5.56 Å². The molecule has 0 unspecified atom stereocenters. The molecule has 3 heterocycles. The quantitative estimate of drug-likeness (QED) is 0.428. The number of hydrogen-bond donors (Lipinski definition) is 1. The largest absolute Gasteiger partial charge is 0.412 e. The maximum atomic E-state index is 13.2. The van der Waals surface area contributed by atoms with Crippen molar-refractivity contribution in [3.63, 3.8) is 0 Å². The van der Waals surface area contributed by atoms with Crippen molar-refractivity contribution < 1.29 is 4.84 Å². The van der Waals surface area contributed by atoms with Gasteiger partial charge in [0.15, 0.2) is 5.65 Å². The summed E-state index contributed by atoms with van der Waals surface area (Å²) in [5.74, 6) is 0.346. The van der Waals surface area contributed by atoms with E-state index < -0.39 is 5.56 Å². The maximum Gasteiger partial charge on any atom is 0.293 e. The Balaban J connectivity index is 1.45. The van der Waals surface area contributed by atoms with E-state index in [-0.39, 0.29) is 0 Å². The second-order valence-corrected chi connectivity index (χ2v) is 9.19. The van der Waals surface area contributed by atoms with Crippen molar-refractivity contribution in [2.75, 3.05) is 50.6 Å². The fraction of sp³-hybridized carbons (Fsp3) is 0.240. The van der Waals surface area contributed by atoms with Crippen LogP contribution >= 0.6 is 23.2 Å². The molecule has 5 rings (SSSR count). The van der Waals surface area contributed by atoms with Gasteiger partial charge < -0.3 is 20.0 Å². The SMILES string of the molecule is COn1c(=O)c(-c2c(Cl)cccc2Cl)cc2cnc(Nc3ccc(N4CCN(C)CC4)cc3)nc21. The van der Waals surface area contributed by atoms with Gasteiger partial charge in [0.05, 0.1) is 15.6 Å². The van der Waals surface area contributed by atoms with E-state index in [9.17, 15) is 4.79 Å². The number of halogens is 2. The molecule has 35 heavy (non-hydrogen) atoms. The molecule has 1 N–H and O–H groups in total. The highest BCUT2D eigenvalue weighted by atomic mass is 35.5. The van der Waals surface area contributed by atoms with E-state index in [1.165, 1.54) is 12.8 Å². The third-order valence-electron chi connectivity index (χ3n) is 6.11. The summed E-state index contributed by atoms with van der Waals surface area (Å²) in [6, 6.07) is 14.9. The molecule has 1 aliphatic heterocycles. The van der Waals surface area contributed by atoms with E-state index in [4.69, 9.17) is 28.0 Å². The fourth-order valence-corrected chi connectivity index (χ4v) is 4.78. The number of pyridine rings is 1. The number of anilines is 3. The van der Waals surface area contributed by atoms with Crippen LogP contribution in [0.2, 0.25) is 10.0 Å². The Hall–Kier alpha value is -3.33. The molecule has 1 fully saturated rings. The Kier molecular flexibility index (Phi) is 6.51. The van der Waals surface area contributed by atoms with Crippen LogP contribution in [0.3, 0.4) is 0 Å². The first kappa shape index (κ1) is 23.4. The Morgan fingerprint density at radius 3 is 2.34 bits per heavy atom. The third kappa shape index (κ3) is 4.65. The topological polar surface area (TPSA) is 75.5 Å². The standard InChI is InChI=1S/C25H24Cl2N6O2/c1-31-10-12-32(13-11-31)18-8-6-17(7-9-18)29-25-28-15-16-14-19(22-20(26)4-3-5-21(22)27)24(34)33(35-2)23(16)30-25/h3-9,14-15H,10-13H2,1-2H3,(H,28,29,30). The van der Waals surface area contributed by atoms with E-state index in [0.29, 0.717) is 38.2 Å². The van der Waals surface area contributed by atoms with Crippen LogP contribution in [0.4, 0.5) is 17.3 Å². The second-order valence-electron chi connectivity index (χ2n) is 8.37. The molecule has 10 heteroatoms. The number of rotatable bonds is 5. The van der Waals surface area contributed by atoms with E-state index in [0.717, 1.165) is 36.6 Å². The molecule has 0 atom stereocenters. The lowest BCUT2D eigenvalue weighted by Crippen LogP contribution is -2.44. The lowest BCUT2D eigenvalue weighted by molar-refractivity contribution is 0.168. The van der Waals surface area contributed by atoms with Gasteiger partial charge in [0.2, 0.25) is 5.95 Å². The first-order valence-electron chi connectivity index (χ1n) is 11.2. The molecule has 180 valence electrons. The van der Waals surface area contributed by atoms with Crippen LogP contribution < -0.4 is 20.6 Å². The predicted molar refractivity (Wildman–Crippen MR) is 141 cm³/mol. The van der Waals surface area contributed by atoms with Gasteiger partial charge >= 0.3 is 0 Å². The number of benzene rings is 2. The van der Waals surface area contributed by atoms with Crippen LogP contribution in [0.25, 0.3) is 22.2 Å². The number of fused-ring (bicyclic) bond motifs is 1. The van der Waals surface area contributed by atoms with Gasteiger partial charge in [-0.2, -0.15) is 4.98 Å². The van der Waals surface area contributed by atoms with Crippen LogP contribution in [0.5, 0.6) is 0 Å². The number of likely N-dealkylation sites (N-methyl/N-ethyl adjacent to an activating group) is 1. The minimum Gasteiger partial charge on any atom is -0.412 e. The van der Waals surface area contributed by atoms with Crippen molar-refractivity contribution in [2.24, 2.45) is 0 Å². The van der Waals surface area contributed by atoms with Crippen LogP contribution in [0, 0.1) is 0 Å². The smallest absolute Gasteiger partial charge is 0.293 e. The minimum atomic E-state index is -0.420. The van der Waals surface area contributed by atoms with Crippen molar-refractivity contribution in [2.45, 2.75) is 0 Å². The summed E-state index contributed by atoms with van der Waals surface area (Å²) in [5.41, 5.74) is 2.68. The summed E-state index contributed by atoms with van der Waals surface area (Å²) in [6.45, 7) is 4.12. The van der Waals surface area contributed by atoms with E-state index in [1.54, 1.807) is 30.5 Å². The van der Waals surface area contributed by atoms with Crippen LogP contribution in [-0.4, -0.2) is 59.9 Å². The van der Waals surface area contributed by atoms with Gasteiger partial charge in [-0.15, -0.1) is 4.73 Å². The average Bonchev–Trinajstić information content (AvgIpc) is 2.85. The lowest BCUT2D eigenvalue weighted by Gasteiger charge is -2.34. The molecule has 4 aromatic rings. The normalized spacial score (nSPS) is 14.3. The average molecular weight is 511 g/mol. The second kappa shape index (κ2) is 9.73. The first-order valence-corrected chi connectivity index (χ1v) is 11.9. The summed E-state index contributed by atoms with van der Waals surface area (Å²) in [7, 11) is 3.55. The molecule has 0 saturated carbocycles. The molecular formula is C25H24Cl2N6O2. The highest BCUT2D eigenvalue weighted by Crippen LogP contribution is 2.33. The number of aromatic nitrogens is 3. The number of nitrogens with one attached hydrogen (secondary N) is 1. The van der Waals surface area contributed by atoms with Crippen molar-refractivity contribution in [1.29, 1.82) is 0 Å². The van der Waals surface area contributed by atoms with Crippen LogP contribution in [-0.2, 0) is 0 Å². The molecule has 0 radical (unpaired) electrons. The summed E-state index contributed by atoms with van der Waals surface area (Å²) >= 11 is 12.7. The van der Waals surface area contributed by atoms with Gasteiger partial charge in [-0.1, -0.05) is 29.3 Å². The third-order valence-corrected chi connectivity index (χ3v) is 6.74. The summed E-state index contributed by atoms with van der Waals surface area (Å²) in [4.78, 5) is 32.3. The van der Waals surface area contributed by atoms with Gasteiger partial charge in [-0.05, 0) is 49.5 Å². The van der Waals surface area contributed by atoms with Gasteiger partial charge in [-0.3, -0.25) is 4.79 Å². The first-order chi connectivity index (χ1) is 16.9. The van der Waals surface area contributed by atoms with Gasteiger partial charge in [0.1, 0.15) is 7.11 Å². The molecule has 2 aromatic heterocycles. The molecular weight excluding hydrogens is 487 g/mol. The Bertz CT molecular complexity index is 1410. The van der Waals surface area contributed by atoms with E-state index in [1.807, 2.05) is 12.1 Å². The molecule has 0 spiro atoms. The zero-order valence-corrected chi connectivity index (χ0v) is 20.8. The molecule has 1 aliphatic rings. The monoisotopic (exact) mass is 510 g/mol. The summed E-state index contributed by atoms with van der Waals surface area (Å²) in [6.07, 6.45) is 1.63. The highest BCUT2D eigenvalue weighted by Gasteiger charge is 2.18. The Morgan fingerprint density at radius 1 is 1.00 bits per heavy atom. The van der Waals surface area contributed by atoms with E-state index >= 15 is 0 Å². The Morgan fingerprint density at radius 2 is 1.69 bits per heavy atom. The lowest BCUT2D eigenvalue weighted by atomic mass is 10.1. The van der Waals surface area contributed by atoms with E-state index in [2.05, 4.69) is 44.3 Å². The number of piperazine rings is 1. The van der Waals surface area contributed by atoms with Gasteiger partial charge in [0, 0.05) is 54.7 Å². The number of nitrogens with zero attached hydrogens (tertiary/aromatic N) is 5. The summed E-state index contributed by atoms with van der Waals surface area (Å²) < 4.78 is 1.12. The zero-order chi connectivity index (χ0) is 24.5. The molecule has 2 aromatic carbocycles. The van der Waals surface area contributed by atoms with Crippen molar-refractivity contribution in [1.82, 2.24) is 19.6 Å². The molecule has 8 nitrogen and oxygen atoms in total. The molecule has 0 aliphatic carbocycles. The van der Waals surface area contributed by atoms with Crippen LogP contribution in [0.15, 0.2) is 59.5 Å². The summed E-state index contributed by atoms with van der Waals surface area (Å²) in [5, 5.41) is 4.55. The predicted octanol–water partition coefficient (Wildman–Crippen LogP) is 4.32. The van der Waals surface area contributed by atoms with Gasteiger partial charge in [-0.25, -0.2) is 4.98 Å². The van der Waals surface area contributed by atoms with Crippen molar-refractivity contribution in [3.8, 4) is 11.1 Å². The number of hydrogen-bond acceptors (Lipinski definition) is 7. The zero-order valence-electron chi connectivity index (χ0n) is 19.3. The Labute approximate surface area is 212 Å². The maximum absolute atomic E-state index is 13.2. The van der Waals surface area contributed by atoms with Crippen LogP contribution in [0.1, 0.15) is 0 Å². The highest BCUT2D eigenvalue weighted by molar-refractivity contribution is 6.39. The molecule has 0 amide bonds. The van der Waals surface area contributed by atoms with Crippen molar-refractivity contribution >= 4 is 51.6 Å².